The Morgan fingerprint density at radius 1 is 1.32 bits per heavy atom. The fraction of sp³-hybridized carbons (Fsp3) is 0.263. The fourth-order valence-electron chi connectivity index (χ4n) is 3.05. The van der Waals surface area contributed by atoms with Crippen molar-refractivity contribution < 1.29 is 24.2 Å². The molecule has 2 aromatic carbocycles. The van der Waals surface area contributed by atoms with Gasteiger partial charge in [-0.25, -0.2) is 4.39 Å². The van der Waals surface area contributed by atoms with Gasteiger partial charge in [0, 0.05) is 34.7 Å². The van der Waals surface area contributed by atoms with E-state index in [9.17, 15) is 24.2 Å². The van der Waals surface area contributed by atoms with Gasteiger partial charge in [-0.3, -0.25) is 9.59 Å². The quantitative estimate of drug-likeness (QED) is 0.585. The molecule has 1 aliphatic heterocycles. The van der Waals surface area contributed by atoms with Crippen molar-refractivity contribution in [3.63, 3.8) is 0 Å². The van der Waals surface area contributed by atoms with Gasteiger partial charge in [-0.1, -0.05) is 27.5 Å². The van der Waals surface area contributed by atoms with Crippen molar-refractivity contribution in [1.29, 1.82) is 0 Å². The van der Waals surface area contributed by atoms with Gasteiger partial charge in [0.2, 0.25) is 5.60 Å². The summed E-state index contributed by atoms with van der Waals surface area (Å²) in [5.74, 6) is -2.16. The number of hydrogen-bond acceptors (Lipinski definition) is 4. The molecule has 9 heteroatoms. The van der Waals surface area contributed by atoms with Crippen LogP contribution in [0.3, 0.4) is 0 Å². The maximum Gasteiger partial charge on any atom is 0.268 e. The average Bonchev–Trinajstić information content (AvgIpc) is 2.96. The molecule has 28 heavy (non-hydrogen) atoms. The highest BCUT2D eigenvalue weighted by Crippen LogP contribution is 2.31. The zero-order valence-corrected chi connectivity index (χ0v) is 16.9. The summed E-state index contributed by atoms with van der Waals surface area (Å²) in [4.78, 5) is 26.5. The molecule has 2 aromatic rings. The summed E-state index contributed by atoms with van der Waals surface area (Å²) in [5.41, 5.74) is -0.764. The summed E-state index contributed by atoms with van der Waals surface area (Å²) in [7, 11) is 0. The van der Waals surface area contributed by atoms with Crippen LogP contribution in [0.25, 0.3) is 0 Å². The van der Waals surface area contributed by atoms with Crippen LogP contribution < -0.4 is 10.2 Å². The van der Waals surface area contributed by atoms with Crippen LogP contribution in [0.1, 0.15) is 17.5 Å². The number of nitrogens with zero attached hydrogens (tertiary/aromatic N) is 1. The number of aliphatic hydroxyl groups excluding tert-OH is 1. The van der Waals surface area contributed by atoms with Gasteiger partial charge < -0.3 is 20.4 Å². The number of benzene rings is 2. The summed E-state index contributed by atoms with van der Waals surface area (Å²) < 4.78 is 14.1. The van der Waals surface area contributed by atoms with Gasteiger partial charge in [-0.15, -0.1) is 0 Å². The van der Waals surface area contributed by atoms with E-state index in [1.807, 2.05) is 0 Å². The Balaban J connectivity index is 1.73. The molecular weight excluding hydrogens is 455 g/mol. The highest BCUT2D eigenvalue weighted by molar-refractivity contribution is 9.10. The van der Waals surface area contributed by atoms with Crippen molar-refractivity contribution in [2.45, 2.75) is 25.2 Å². The second kappa shape index (κ2) is 8.16. The van der Waals surface area contributed by atoms with Crippen LogP contribution in [0.15, 0.2) is 40.9 Å². The van der Waals surface area contributed by atoms with Crippen molar-refractivity contribution >= 4 is 45.0 Å². The molecule has 1 fully saturated rings. The van der Waals surface area contributed by atoms with Crippen LogP contribution in [-0.2, 0) is 22.7 Å². The van der Waals surface area contributed by atoms with Crippen molar-refractivity contribution in [2.75, 3.05) is 11.4 Å². The summed E-state index contributed by atoms with van der Waals surface area (Å²) in [5, 5.41) is 22.7. The molecule has 3 N–H and O–H groups in total. The van der Waals surface area contributed by atoms with Crippen LogP contribution in [0, 0.1) is 5.82 Å². The number of carbonyl (C=O) groups excluding carboxylic acids is 2. The normalized spacial score (nSPS) is 19.2. The number of halogens is 3. The first kappa shape index (κ1) is 20.7. The van der Waals surface area contributed by atoms with E-state index in [0.717, 1.165) is 6.07 Å². The van der Waals surface area contributed by atoms with E-state index in [2.05, 4.69) is 21.2 Å². The van der Waals surface area contributed by atoms with E-state index < -0.39 is 23.2 Å². The molecule has 1 atom stereocenters. The number of nitrogens with one attached hydrogen (secondary N) is 1. The third kappa shape index (κ3) is 4.05. The second-order valence-electron chi connectivity index (χ2n) is 6.46. The smallest absolute Gasteiger partial charge is 0.268 e. The molecule has 1 unspecified atom stereocenters. The van der Waals surface area contributed by atoms with Gasteiger partial charge in [0.25, 0.3) is 11.8 Å². The number of amides is 2. The molecular formula is C19H17BrClFN2O4. The molecule has 2 amide bonds. The number of carbonyl (C=O) groups is 2. The maximum atomic E-state index is 13.4. The Hall–Kier alpha value is -2.00. The minimum atomic E-state index is -2.22. The lowest BCUT2D eigenvalue weighted by Crippen LogP contribution is -2.52. The van der Waals surface area contributed by atoms with Gasteiger partial charge in [0.05, 0.1) is 6.61 Å². The first-order valence-electron chi connectivity index (χ1n) is 8.41. The Labute approximate surface area is 174 Å². The SMILES string of the molecule is O=C(NCc1cc(F)cc(Cl)c1)C1(O)CCN(c2ccc(Br)c(CO)c2)C1=O. The molecule has 3 rings (SSSR count). The van der Waals surface area contributed by atoms with Gasteiger partial charge >= 0.3 is 0 Å². The fourth-order valence-corrected chi connectivity index (χ4v) is 3.67. The summed E-state index contributed by atoms with van der Waals surface area (Å²) in [6, 6.07) is 8.77. The molecule has 0 bridgehead atoms. The molecule has 0 radical (unpaired) electrons. The molecule has 1 aliphatic rings. The predicted octanol–water partition coefficient (Wildman–Crippen LogP) is 2.52. The van der Waals surface area contributed by atoms with Gasteiger partial charge in [-0.05, 0) is 47.5 Å². The number of aliphatic hydroxyl groups is 2. The minimum Gasteiger partial charge on any atom is -0.392 e. The lowest BCUT2D eigenvalue weighted by atomic mass is 10.0. The van der Waals surface area contributed by atoms with Crippen LogP contribution in [0.2, 0.25) is 5.02 Å². The van der Waals surface area contributed by atoms with Gasteiger partial charge in [0.1, 0.15) is 5.82 Å². The molecule has 148 valence electrons. The van der Waals surface area contributed by atoms with Crippen LogP contribution in [0.4, 0.5) is 10.1 Å². The zero-order chi connectivity index (χ0) is 20.5. The molecule has 0 spiro atoms. The highest BCUT2D eigenvalue weighted by Gasteiger charge is 2.51. The average molecular weight is 472 g/mol. The number of rotatable bonds is 5. The lowest BCUT2D eigenvalue weighted by molar-refractivity contribution is -0.149. The summed E-state index contributed by atoms with van der Waals surface area (Å²) in [6.07, 6.45) is -0.0912. The first-order valence-corrected chi connectivity index (χ1v) is 9.58. The third-order valence-corrected chi connectivity index (χ3v) is 5.55. The Bertz CT molecular complexity index is 922. The molecule has 1 heterocycles. The molecule has 6 nitrogen and oxygen atoms in total. The van der Waals surface area contributed by atoms with E-state index in [1.54, 1.807) is 18.2 Å². The summed E-state index contributed by atoms with van der Waals surface area (Å²) in [6.45, 7) is -0.169. The third-order valence-electron chi connectivity index (χ3n) is 4.56. The van der Waals surface area contributed by atoms with E-state index in [4.69, 9.17) is 11.6 Å². The van der Waals surface area contributed by atoms with E-state index in [1.165, 1.54) is 17.0 Å². The maximum absolute atomic E-state index is 13.4. The van der Waals surface area contributed by atoms with Crippen molar-refractivity contribution in [3.05, 3.63) is 62.8 Å². The monoisotopic (exact) mass is 470 g/mol. The van der Waals surface area contributed by atoms with Crippen LogP contribution in [0.5, 0.6) is 0 Å². The predicted molar refractivity (Wildman–Crippen MR) is 105 cm³/mol. The van der Waals surface area contributed by atoms with E-state index >= 15 is 0 Å². The first-order chi connectivity index (χ1) is 13.2. The number of anilines is 1. The molecule has 0 aromatic heterocycles. The van der Waals surface area contributed by atoms with Crippen molar-refractivity contribution in [2.24, 2.45) is 0 Å². The van der Waals surface area contributed by atoms with Crippen LogP contribution >= 0.6 is 27.5 Å². The lowest BCUT2D eigenvalue weighted by Gasteiger charge is -2.22. The second-order valence-corrected chi connectivity index (χ2v) is 7.75. The van der Waals surface area contributed by atoms with Gasteiger partial charge in [-0.2, -0.15) is 0 Å². The zero-order valence-electron chi connectivity index (χ0n) is 14.6. The van der Waals surface area contributed by atoms with Gasteiger partial charge in [0.15, 0.2) is 0 Å². The topological polar surface area (TPSA) is 89.9 Å². The Kier molecular flexibility index (Phi) is 6.04. The molecule has 0 aliphatic carbocycles. The van der Waals surface area contributed by atoms with Crippen LogP contribution in [-0.4, -0.2) is 34.2 Å². The minimum absolute atomic E-state index is 0.0845. The molecule has 0 saturated carbocycles. The highest BCUT2D eigenvalue weighted by atomic mass is 79.9. The number of hydrogen-bond donors (Lipinski definition) is 3. The van der Waals surface area contributed by atoms with E-state index in [-0.39, 0.29) is 31.1 Å². The molecule has 1 saturated heterocycles. The van der Waals surface area contributed by atoms with Crippen molar-refractivity contribution in [3.8, 4) is 0 Å². The van der Waals surface area contributed by atoms with E-state index in [0.29, 0.717) is 21.3 Å². The Morgan fingerprint density at radius 2 is 2.07 bits per heavy atom. The summed E-state index contributed by atoms with van der Waals surface area (Å²) >= 11 is 9.08. The largest absolute Gasteiger partial charge is 0.392 e. The Morgan fingerprint density at radius 3 is 2.75 bits per heavy atom. The standard InChI is InChI=1S/C19H17BrClFN2O4/c20-16-2-1-15(7-12(16)10-25)24-4-3-19(28,18(24)27)17(26)23-9-11-5-13(21)8-14(22)6-11/h1-2,5-8,25,28H,3-4,9-10H2,(H,23,26). The van der Waals surface area contributed by atoms with Crippen molar-refractivity contribution in [1.82, 2.24) is 5.32 Å².